The van der Waals surface area contributed by atoms with Crippen molar-refractivity contribution < 1.29 is 19.5 Å². The van der Waals surface area contributed by atoms with E-state index in [9.17, 15) is 10.3 Å². The highest BCUT2D eigenvalue weighted by molar-refractivity contribution is 5.80. The molecular formula is C22H22N4O4. The summed E-state index contributed by atoms with van der Waals surface area (Å²) in [6.45, 7) is 2.85. The topological polar surface area (TPSA) is 95.7 Å². The van der Waals surface area contributed by atoms with Crippen LogP contribution in [0.1, 0.15) is 6.42 Å². The van der Waals surface area contributed by atoms with Crippen molar-refractivity contribution in [1.29, 1.82) is 0 Å². The van der Waals surface area contributed by atoms with Crippen LogP contribution in [-0.4, -0.2) is 56.9 Å². The maximum absolute atomic E-state index is 9.61. The lowest BCUT2D eigenvalue weighted by Gasteiger charge is -2.15. The Balaban J connectivity index is 1.41. The standard InChI is InChI=1S/C22H22N4O4/c27-16-5-7-25(13-16)8-9-29-17-3-4-21-18(11-17)19(24-28)12-22(30-21)20-10-15-2-1-6-26(15)14-23-20/h1-4,6,10-12,14,16,27-28H,5,7-9,13H2. The lowest BCUT2D eigenvalue weighted by molar-refractivity contribution is 0.167. The van der Waals surface area contributed by atoms with E-state index in [0.717, 1.165) is 25.0 Å². The number of aromatic nitrogens is 2. The van der Waals surface area contributed by atoms with Gasteiger partial charge in [-0.1, -0.05) is 5.16 Å². The molecule has 1 aliphatic rings. The van der Waals surface area contributed by atoms with Crippen molar-refractivity contribution in [2.75, 3.05) is 26.2 Å². The minimum absolute atomic E-state index is 0.233. The highest BCUT2D eigenvalue weighted by atomic mass is 16.5. The second kappa shape index (κ2) is 7.81. The number of ether oxygens (including phenoxy) is 1. The lowest BCUT2D eigenvalue weighted by Crippen LogP contribution is -2.27. The van der Waals surface area contributed by atoms with Crippen LogP contribution in [0.2, 0.25) is 0 Å². The van der Waals surface area contributed by atoms with E-state index < -0.39 is 0 Å². The average Bonchev–Trinajstić information content (AvgIpc) is 3.41. The monoisotopic (exact) mass is 406 g/mol. The number of aliphatic hydroxyl groups is 1. The van der Waals surface area contributed by atoms with Crippen LogP contribution in [0.3, 0.4) is 0 Å². The molecule has 30 heavy (non-hydrogen) atoms. The summed E-state index contributed by atoms with van der Waals surface area (Å²) in [6.07, 6.45) is 4.22. The first-order valence-electron chi connectivity index (χ1n) is 9.92. The molecule has 4 heterocycles. The van der Waals surface area contributed by atoms with Gasteiger partial charge in [0.25, 0.3) is 0 Å². The number of rotatable bonds is 5. The van der Waals surface area contributed by atoms with Gasteiger partial charge in [0.05, 0.1) is 17.8 Å². The molecule has 1 aromatic carbocycles. The van der Waals surface area contributed by atoms with Gasteiger partial charge in [0, 0.05) is 37.4 Å². The van der Waals surface area contributed by atoms with Gasteiger partial charge in [0.1, 0.15) is 29.0 Å². The summed E-state index contributed by atoms with van der Waals surface area (Å²) in [7, 11) is 0. The summed E-state index contributed by atoms with van der Waals surface area (Å²) in [5, 5.41) is 23.7. The predicted molar refractivity (Wildman–Crippen MR) is 110 cm³/mol. The third kappa shape index (κ3) is 3.62. The van der Waals surface area contributed by atoms with E-state index in [1.165, 1.54) is 0 Å². The Morgan fingerprint density at radius 3 is 3.00 bits per heavy atom. The molecule has 0 amide bonds. The fraction of sp³-hybridized carbons (Fsp3) is 0.273. The van der Waals surface area contributed by atoms with E-state index in [0.29, 0.717) is 46.7 Å². The molecule has 8 nitrogen and oxygen atoms in total. The zero-order valence-corrected chi connectivity index (χ0v) is 16.3. The Labute approximate surface area is 172 Å². The fourth-order valence-corrected chi connectivity index (χ4v) is 3.83. The van der Waals surface area contributed by atoms with Crippen LogP contribution in [0.5, 0.6) is 5.75 Å². The summed E-state index contributed by atoms with van der Waals surface area (Å²) in [5.74, 6) is 1.18. The van der Waals surface area contributed by atoms with Crippen molar-refractivity contribution in [2.45, 2.75) is 12.5 Å². The Bertz CT molecular complexity index is 1260. The number of benzene rings is 1. The summed E-state index contributed by atoms with van der Waals surface area (Å²) >= 11 is 0. The summed E-state index contributed by atoms with van der Waals surface area (Å²) < 4.78 is 13.8. The normalized spacial score (nSPS) is 17.9. The molecule has 1 saturated heterocycles. The number of aliphatic hydroxyl groups excluding tert-OH is 1. The quantitative estimate of drug-likeness (QED) is 0.391. The van der Waals surface area contributed by atoms with Crippen LogP contribution in [0, 0.1) is 0 Å². The van der Waals surface area contributed by atoms with Gasteiger partial charge in [0.2, 0.25) is 0 Å². The first-order chi connectivity index (χ1) is 14.7. The molecule has 8 heteroatoms. The molecule has 0 radical (unpaired) electrons. The largest absolute Gasteiger partial charge is 0.492 e. The molecule has 1 aliphatic heterocycles. The summed E-state index contributed by atoms with van der Waals surface area (Å²) in [4.78, 5) is 6.61. The predicted octanol–water partition coefficient (Wildman–Crippen LogP) is 2.48. The van der Waals surface area contributed by atoms with Crippen LogP contribution < -0.4 is 10.1 Å². The molecule has 2 N–H and O–H groups in total. The van der Waals surface area contributed by atoms with Crippen LogP contribution in [0.25, 0.3) is 27.9 Å². The van der Waals surface area contributed by atoms with E-state index in [-0.39, 0.29) is 6.10 Å². The molecule has 1 fully saturated rings. The second-order valence-electron chi connectivity index (χ2n) is 7.46. The Morgan fingerprint density at radius 1 is 1.23 bits per heavy atom. The molecule has 4 aromatic rings. The number of hydrogen-bond acceptors (Lipinski definition) is 7. The minimum Gasteiger partial charge on any atom is -0.492 e. The molecule has 1 atom stereocenters. The van der Waals surface area contributed by atoms with Crippen molar-refractivity contribution in [2.24, 2.45) is 5.16 Å². The molecule has 0 spiro atoms. The first-order valence-corrected chi connectivity index (χ1v) is 9.92. The molecular weight excluding hydrogens is 384 g/mol. The van der Waals surface area contributed by atoms with Crippen molar-refractivity contribution >= 4 is 16.5 Å². The Morgan fingerprint density at radius 2 is 2.17 bits per heavy atom. The van der Waals surface area contributed by atoms with Crippen LogP contribution in [0.4, 0.5) is 0 Å². The molecule has 1 unspecified atom stereocenters. The first kappa shape index (κ1) is 18.7. The number of β-amino-alcohol motifs (C(OH)–C–C–N with tert-alkyl or cyclic N) is 1. The Kier molecular flexibility index (Phi) is 4.86. The van der Waals surface area contributed by atoms with Gasteiger partial charge in [0.15, 0.2) is 5.76 Å². The van der Waals surface area contributed by atoms with Crippen LogP contribution in [-0.2, 0) is 0 Å². The molecule has 3 aromatic heterocycles. The van der Waals surface area contributed by atoms with Gasteiger partial charge in [-0.05, 0) is 42.8 Å². The van der Waals surface area contributed by atoms with E-state index in [1.807, 2.05) is 34.9 Å². The lowest BCUT2D eigenvalue weighted by atomic mass is 10.2. The smallest absolute Gasteiger partial charge is 0.155 e. The SMILES string of the molecule is ON=c1cc(-c2cc3cccn3cn2)oc2ccc(OCCN3CCC(O)C3)cc12. The third-order valence-corrected chi connectivity index (χ3v) is 5.42. The molecule has 5 rings (SSSR count). The number of hydrogen-bond donors (Lipinski definition) is 2. The van der Waals surface area contributed by atoms with E-state index in [1.54, 1.807) is 24.5 Å². The van der Waals surface area contributed by atoms with Gasteiger partial charge in [-0.2, -0.15) is 0 Å². The third-order valence-electron chi connectivity index (χ3n) is 5.42. The number of fused-ring (bicyclic) bond motifs is 2. The maximum Gasteiger partial charge on any atom is 0.155 e. The zero-order valence-electron chi connectivity index (χ0n) is 16.3. The van der Waals surface area contributed by atoms with E-state index >= 15 is 0 Å². The van der Waals surface area contributed by atoms with Gasteiger partial charge in [-0.3, -0.25) is 4.90 Å². The highest BCUT2D eigenvalue weighted by Gasteiger charge is 2.19. The maximum atomic E-state index is 9.61. The average molecular weight is 406 g/mol. The molecule has 0 aliphatic carbocycles. The van der Waals surface area contributed by atoms with Crippen LogP contribution in [0.15, 0.2) is 64.6 Å². The molecule has 0 bridgehead atoms. The van der Waals surface area contributed by atoms with Crippen molar-refractivity contribution in [3.63, 3.8) is 0 Å². The molecule has 0 saturated carbocycles. The summed E-state index contributed by atoms with van der Waals surface area (Å²) in [5.41, 5.74) is 2.22. The van der Waals surface area contributed by atoms with Crippen molar-refractivity contribution in [3.05, 3.63) is 60.3 Å². The Hall–Kier alpha value is -3.36. The minimum atomic E-state index is -0.233. The zero-order chi connectivity index (χ0) is 20.5. The van der Waals surface area contributed by atoms with Gasteiger partial charge in [-0.15, -0.1) is 0 Å². The molecule has 154 valence electrons. The fourth-order valence-electron chi connectivity index (χ4n) is 3.83. The second-order valence-corrected chi connectivity index (χ2v) is 7.46. The van der Waals surface area contributed by atoms with Crippen LogP contribution >= 0.6 is 0 Å². The van der Waals surface area contributed by atoms with E-state index in [4.69, 9.17) is 9.15 Å². The van der Waals surface area contributed by atoms with E-state index in [2.05, 4.69) is 15.0 Å². The number of nitrogens with zero attached hydrogens (tertiary/aromatic N) is 4. The van der Waals surface area contributed by atoms with Gasteiger partial charge < -0.3 is 23.9 Å². The summed E-state index contributed by atoms with van der Waals surface area (Å²) in [6, 6.07) is 13.0. The van der Waals surface area contributed by atoms with Crippen molar-refractivity contribution in [1.82, 2.24) is 14.3 Å². The van der Waals surface area contributed by atoms with Crippen molar-refractivity contribution in [3.8, 4) is 17.2 Å². The van der Waals surface area contributed by atoms with Gasteiger partial charge >= 0.3 is 0 Å². The van der Waals surface area contributed by atoms with Gasteiger partial charge in [-0.25, -0.2) is 4.98 Å². The highest BCUT2D eigenvalue weighted by Crippen LogP contribution is 2.24. The number of likely N-dealkylation sites (tertiary alicyclic amines) is 1.